The van der Waals surface area contributed by atoms with Gasteiger partial charge in [-0.1, -0.05) is 23.7 Å². The minimum atomic E-state index is -1.21. The first-order valence-electron chi connectivity index (χ1n) is 6.75. The molecule has 1 aliphatic rings. The number of carbonyl (C=O) groups excluding carboxylic acids is 1. The molecule has 0 saturated carbocycles. The van der Waals surface area contributed by atoms with Crippen molar-refractivity contribution < 1.29 is 24.2 Å². The van der Waals surface area contributed by atoms with Crippen molar-refractivity contribution in [1.29, 1.82) is 0 Å². The normalized spacial score (nSPS) is 12.0. The van der Waals surface area contributed by atoms with E-state index in [2.05, 4.69) is 5.32 Å². The van der Waals surface area contributed by atoms with Crippen molar-refractivity contribution in [1.82, 2.24) is 5.32 Å². The van der Waals surface area contributed by atoms with Gasteiger partial charge >= 0.3 is 5.97 Å². The molecule has 0 aliphatic carbocycles. The fourth-order valence-electron chi connectivity index (χ4n) is 2.25. The maximum Gasteiger partial charge on any atom is 0.336 e. The van der Waals surface area contributed by atoms with Gasteiger partial charge in [-0.2, -0.15) is 0 Å². The number of fused-ring (bicyclic) bond motifs is 1. The lowest BCUT2D eigenvalue weighted by molar-refractivity contribution is 0.0691. The zero-order valence-electron chi connectivity index (χ0n) is 11.8. The third kappa shape index (κ3) is 3.07. The van der Waals surface area contributed by atoms with Crippen LogP contribution >= 0.6 is 11.6 Å². The minimum Gasteiger partial charge on any atom is -0.478 e. The van der Waals surface area contributed by atoms with Gasteiger partial charge in [-0.25, -0.2) is 4.79 Å². The highest BCUT2D eigenvalue weighted by atomic mass is 35.5. The molecular formula is C16H12ClNO5. The van der Waals surface area contributed by atoms with Crippen molar-refractivity contribution >= 4 is 23.5 Å². The van der Waals surface area contributed by atoms with Gasteiger partial charge in [-0.15, -0.1) is 0 Å². The van der Waals surface area contributed by atoms with Gasteiger partial charge < -0.3 is 19.9 Å². The molecule has 0 bridgehead atoms. The summed E-state index contributed by atoms with van der Waals surface area (Å²) in [5.74, 6) is -0.494. The Bertz CT molecular complexity index is 790. The van der Waals surface area contributed by atoms with Gasteiger partial charge in [0.15, 0.2) is 11.5 Å². The predicted octanol–water partition coefficient (Wildman–Crippen LogP) is 2.70. The quantitative estimate of drug-likeness (QED) is 0.898. The zero-order chi connectivity index (χ0) is 16.4. The number of carboxylic acid groups (broad SMARTS) is 1. The molecule has 1 aliphatic heterocycles. The number of rotatable bonds is 4. The lowest BCUT2D eigenvalue weighted by Gasteiger charge is -2.10. The van der Waals surface area contributed by atoms with E-state index in [0.717, 1.165) is 5.56 Å². The van der Waals surface area contributed by atoms with Crippen molar-refractivity contribution in [2.75, 3.05) is 6.79 Å². The molecule has 0 fully saturated rings. The summed E-state index contributed by atoms with van der Waals surface area (Å²) in [7, 11) is 0. The summed E-state index contributed by atoms with van der Waals surface area (Å²) in [6.45, 7) is 0.381. The summed E-state index contributed by atoms with van der Waals surface area (Å²) in [5, 5.41) is 11.9. The highest BCUT2D eigenvalue weighted by Gasteiger charge is 2.20. The van der Waals surface area contributed by atoms with E-state index >= 15 is 0 Å². The molecule has 118 valence electrons. The van der Waals surface area contributed by atoms with Crippen LogP contribution in [0, 0.1) is 0 Å². The Morgan fingerprint density at radius 3 is 2.74 bits per heavy atom. The van der Waals surface area contributed by atoms with Crippen molar-refractivity contribution in [3.05, 3.63) is 58.1 Å². The maximum absolute atomic E-state index is 12.3. The van der Waals surface area contributed by atoms with Crippen LogP contribution in [0.1, 0.15) is 26.3 Å². The summed E-state index contributed by atoms with van der Waals surface area (Å²) in [5.41, 5.74) is 0.606. The first-order chi connectivity index (χ1) is 11.1. The van der Waals surface area contributed by atoms with E-state index in [9.17, 15) is 9.59 Å². The topological polar surface area (TPSA) is 84.9 Å². The van der Waals surface area contributed by atoms with Gasteiger partial charge in [0.1, 0.15) is 0 Å². The fourth-order valence-corrected chi connectivity index (χ4v) is 2.52. The smallest absolute Gasteiger partial charge is 0.336 e. The molecule has 23 heavy (non-hydrogen) atoms. The number of ether oxygens (including phenoxy) is 2. The molecule has 6 nitrogen and oxygen atoms in total. The van der Waals surface area contributed by atoms with E-state index in [0.29, 0.717) is 11.5 Å². The number of carbonyl (C=O) groups is 2. The van der Waals surface area contributed by atoms with E-state index < -0.39 is 11.9 Å². The molecule has 7 heteroatoms. The van der Waals surface area contributed by atoms with Crippen molar-refractivity contribution in [3.8, 4) is 11.5 Å². The summed E-state index contributed by atoms with van der Waals surface area (Å²) < 4.78 is 10.5. The molecule has 0 aromatic heterocycles. The second-order valence-corrected chi connectivity index (χ2v) is 5.25. The first-order valence-corrected chi connectivity index (χ1v) is 7.12. The summed E-state index contributed by atoms with van der Waals surface area (Å²) in [4.78, 5) is 23.5. The maximum atomic E-state index is 12.3. The molecular weight excluding hydrogens is 322 g/mol. The number of carboxylic acids is 1. The number of benzene rings is 2. The molecule has 0 spiro atoms. The van der Waals surface area contributed by atoms with Crippen molar-refractivity contribution in [2.45, 2.75) is 6.54 Å². The zero-order valence-corrected chi connectivity index (χ0v) is 12.6. The van der Waals surface area contributed by atoms with Gasteiger partial charge in [0.25, 0.3) is 5.91 Å². The summed E-state index contributed by atoms with van der Waals surface area (Å²) in [6, 6.07) is 9.60. The van der Waals surface area contributed by atoms with Gasteiger partial charge in [0.2, 0.25) is 6.79 Å². The Balaban J connectivity index is 1.77. The lowest BCUT2D eigenvalue weighted by atomic mass is 10.1. The van der Waals surface area contributed by atoms with Crippen molar-refractivity contribution in [2.24, 2.45) is 0 Å². The Morgan fingerprint density at radius 1 is 1.17 bits per heavy atom. The SMILES string of the molecule is O=C(O)c1cccc(Cl)c1C(=O)NCc1ccc2c(c1)OCO2. The predicted molar refractivity (Wildman–Crippen MR) is 82.1 cm³/mol. The van der Waals surface area contributed by atoms with Crippen LogP contribution < -0.4 is 14.8 Å². The number of aromatic carboxylic acids is 1. The molecule has 0 atom stereocenters. The van der Waals surface area contributed by atoms with Crippen LogP contribution in [0.3, 0.4) is 0 Å². The summed E-state index contributed by atoms with van der Waals surface area (Å²) >= 11 is 5.97. The number of hydrogen-bond acceptors (Lipinski definition) is 4. The fraction of sp³-hybridized carbons (Fsp3) is 0.125. The van der Waals surface area contributed by atoms with Crippen LogP contribution in [0.5, 0.6) is 11.5 Å². The lowest BCUT2D eigenvalue weighted by Crippen LogP contribution is -2.25. The van der Waals surface area contributed by atoms with Gasteiger partial charge in [0.05, 0.1) is 16.1 Å². The standard InChI is InChI=1S/C16H12ClNO5/c17-11-3-1-2-10(16(20)21)14(11)15(19)18-7-9-4-5-12-13(6-9)23-8-22-12/h1-6H,7-8H2,(H,18,19)(H,20,21). The highest BCUT2D eigenvalue weighted by Crippen LogP contribution is 2.32. The van der Waals surface area contributed by atoms with Crippen LogP contribution in [0.4, 0.5) is 0 Å². The summed E-state index contributed by atoms with van der Waals surface area (Å²) in [6.07, 6.45) is 0. The van der Waals surface area contributed by atoms with E-state index in [1.54, 1.807) is 18.2 Å². The second kappa shape index (κ2) is 6.18. The molecule has 1 amide bonds. The molecule has 2 aromatic carbocycles. The van der Waals surface area contributed by atoms with Gasteiger partial charge in [-0.05, 0) is 29.8 Å². The van der Waals surface area contributed by atoms with E-state index in [4.69, 9.17) is 26.2 Å². The van der Waals surface area contributed by atoms with E-state index in [1.807, 2.05) is 0 Å². The Morgan fingerprint density at radius 2 is 1.96 bits per heavy atom. The third-order valence-corrected chi connectivity index (χ3v) is 3.68. The first kappa shape index (κ1) is 15.2. The van der Waals surface area contributed by atoms with Gasteiger partial charge in [-0.3, -0.25) is 4.79 Å². The average molecular weight is 334 g/mol. The van der Waals surface area contributed by atoms with E-state index in [1.165, 1.54) is 18.2 Å². The largest absolute Gasteiger partial charge is 0.478 e. The Hall–Kier alpha value is -2.73. The molecule has 1 heterocycles. The van der Waals surface area contributed by atoms with Crippen LogP contribution in [0.2, 0.25) is 5.02 Å². The number of halogens is 1. The van der Waals surface area contributed by atoms with Gasteiger partial charge in [0, 0.05) is 6.54 Å². The van der Waals surface area contributed by atoms with Crippen molar-refractivity contribution in [3.63, 3.8) is 0 Å². The monoisotopic (exact) mass is 333 g/mol. The molecule has 2 aromatic rings. The number of amides is 1. The van der Waals surface area contributed by atoms with Crippen LogP contribution in [-0.4, -0.2) is 23.8 Å². The molecule has 2 N–H and O–H groups in total. The Kier molecular flexibility index (Phi) is 4.08. The Labute approximate surface area is 136 Å². The third-order valence-electron chi connectivity index (χ3n) is 3.36. The number of hydrogen-bond donors (Lipinski definition) is 2. The number of nitrogens with one attached hydrogen (secondary N) is 1. The molecule has 0 radical (unpaired) electrons. The average Bonchev–Trinajstić information content (AvgIpc) is 2.99. The molecule has 0 saturated heterocycles. The second-order valence-electron chi connectivity index (χ2n) is 4.84. The highest BCUT2D eigenvalue weighted by molar-refractivity contribution is 6.34. The van der Waals surface area contributed by atoms with Crippen LogP contribution in [-0.2, 0) is 6.54 Å². The molecule has 3 rings (SSSR count). The van der Waals surface area contributed by atoms with E-state index in [-0.39, 0.29) is 29.5 Å². The van der Waals surface area contributed by atoms with Crippen LogP contribution in [0.25, 0.3) is 0 Å². The molecule has 0 unspecified atom stereocenters. The minimum absolute atomic E-state index is 0.0533. The van der Waals surface area contributed by atoms with Crippen LogP contribution in [0.15, 0.2) is 36.4 Å².